The van der Waals surface area contributed by atoms with Crippen LogP contribution in [0.2, 0.25) is 0 Å². The standard InChI is InChI=1S/C11H22N2S/c1-3-5-7-8-10-13-11(14)12-9-6-4-2/h3H,1,4-10H2,2H3,(H2,12,13,14). The van der Waals surface area contributed by atoms with Crippen LogP contribution < -0.4 is 10.6 Å². The summed E-state index contributed by atoms with van der Waals surface area (Å²) in [6.45, 7) is 7.80. The molecule has 0 heterocycles. The van der Waals surface area contributed by atoms with E-state index in [1.54, 1.807) is 0 Å². The monoisotopic (exact) mass is 214 g/mol. The fraction of sp³-hybridized carbons (Fsp3) is 0.727. The van der Waals surface area contributed by atoms with E-state index in [0.29, 0.717) is 0 Å². The molecule has 0 spiro atoms. The quantitative estimate of drug-likeness (QED) is 0.369. The maximum atomic E-state index is 5.10. The lowest BCUT2D eigenvalue weighted by Crippen LogP contribution is -2.36. The summed E-state index contributed by atoms with van der Waals surface area (Å²) in [5.41, 5.74) is 0. The summed E-state index contributed by atoms with van der Waals surface area (Å²) in [5, 5.41) is 7.15. The normalized spacial score (nSPS) is 9.50. The molecular weight excluding hydrogens is 192 g/mol. The molecule has 2 N–H and O–H groups in total. The minimum absolute atomic E-state index is 0.789. The Kier molecular flexibility index (Phi) is 10.1. The highest BCUT2D eigenvalue weighted by atomic mass is 32.1. The van der Waals surface area contributed by atoms with Gasteiger partial charge in [-0.15, -0.1) is 6.58 Å². The van der Waals surface area contributed by atoms with Gasteiger partial charge in [-0.3, -0.25) is 0 Å². The van der Waals surface area contributed by atoms with Gasteiger partial charge >= 0.3 is 0 Å². The SMILES string of the molecule is C=CCCCCNC(=S)NCCCC. The van der Waals surface area contributed by atoms with Gasteiger partial charge < -0.3 is 10.6 Å². The molecule has 0 aliphatic heterocycles. The molecule has 0 aromatic carbocycles. The number of hydrogen-bond donors (Lipinski definition) is 2. The molecule has 0 atom stereocenters. The average molecular weight is 214 g/mol. The van der Waals surface area contributed by atoms with Crippen LogP contribution in [0.4, 0.5) is 0 Å². The lowest BCUT2D eigenvalue weighted by Gasteiger charge is -2.09. The summed E-state index contributed by atoms with van der Waals surface area (Å²) in [4.78, 5) is 0. The average Bonchev–Trinajstić information content (AvgIpc) is 2.18. The van der Waals surface area contributed by atoms with Crippen molar-refractivity contribution in [1.82, 2.24) is 10.6 Å². The smallest absolute Gasteiger partial charge is 0.166 e. The molecule has 3 heteroatoms. The third-order valence-electron chi connectivity index (χ3n) is 1.94. The summed E-state index contributed by atoms with van der Waals surface area (Å²) in [6, 6.07) is 0. The first-order valence-corrected chi connectivity index (χ1v) is 5.84. The van der Waals surface area contributed by atoms with Crippen LogP contribution in [0.3, 0.4) is 0 Å². The fourth-order valence-electron chi connectivity index (χ4n) is 1.06. The summed E-state index contributed by atoms with van der Waals surface area (Å²) in [6.07, 6.45) is 7.78. The van der Waals surface area contributed by atoms with E-state index in [0.717, 1.165) is 31.0 Å². The molecule has 0 aliphatic carbocycles. The fourth-order valence-corrected chi connectivity index (χ4v) is 1.26. The molecule has 0 amide bonds. The third kappa shape index (κ3) is 9.52. The van der Waals surface area contributed by atoms with Gasteiger partial charge in [-0.2, -0.15) is 0 Å². The van der Waals surface area contributed by atoms with Gasteiger partial charge in [0.1, 0.15) is 0 Å². The molecule has 0 radical (unpaired) electrons. The van der Waals surface area contributed by atoms with Crippen LogP contribution >= 0.6 is 12.2 Å². The number of thiocarbonyl (C=S) groups is 1. The molecule has 0 aromatic rings. The Bertz CT molecular complexity index is 157. The zero-order valence-corrected chi connectivity index (χ0v) is 9.96. The Hall–Kier alpha value is -0.570. The van der Waals surface area contributed by atoms with E-state index in [-0.39, 0.29) is 0 Å². The van der Waals surface area contributed by atoms with Gasteiger partial charge in [0.2, 0.25) is 0 Å². The van der Waals surface area contributed by atoms with E-state index in [1.165, 1.54) is 19.3 Å². The van der Waals surface area contributed by atoms with Crippen LogP contribution in [-0.4, -0.2) is 18.2 Å². The van der Waals surface area contributed by atoms with Crippen molar-refractivity contribution in [2.45, 2.75) is 39.0 Å². The van der Waals surface area contributed by atoms with E-state index < -0.39 is 0 Å². The molecule has 0 aliphatic rings. The van der Waals surface area contributed by atoms with Gasteiger partial charge in [0.05, 0.1) is 0 Å². The number of unbranched alkanes of at least 4 members (excludes halogenated alkanes) is 3. The summed E-state index contributed by atoms with van der Waals surface area (Å²) < 4.78 is 0. The predicted octanol–water partition coefficient (Wildman–Crippen LogP) is 2.61. The maximum absolute atomic E-state index is 5.10. The van der Waals surface area contributed by atoms with E-state index in [2.05, 4.69) is 24.1 Å². The number of hydrogen-bond acceptors (Lipinski definition) is 1. The molecule has 0 aromatic heterocycles. The third-order valence-corrected chi connectivity index (χ3v) is 2.23. The Morgan fingerprint density at radius 1 is 1.21 bits per heavy atom. The first kappa shape index (κ1) is 13.4. The van der Waals surface area contributed by atoms with Gasteiger partial charge in [0, 0.05) is 13.1 Å². The van der Waals surface area contributed by atoms with Crippen LogP contribution in [0.25, 0.3) is 0 Å². The van der Waals surface area contributed by atoms with Gasteiger partial charge in [-0.25, -0.2) is 0 Å². The molecule has 0 saturated carbocycles. The molecule has 2 nitrogen and oxygen atoms in total. The predicted molar refractivity (Wildman–Crippen MR) is 67.6 cm³/mol. The van der Waals surface area contributed by atoms with Crippen molar-refractivity contribution in [3.8, 4) is 0 Å². The van der Waals surface area contributed by atoms with Gasteiger partial charge in [-0.05, 0) is 37.9 Å². The van der Waals surface area contributed by atoms with E-state index in [1.807, 2.05) is 6.08 Å². The minimum atomic E-state index is 0.789. The molecule has 0 fully saturated rings. The Morgan fingerprint density at radius 2 is 1.86 bits per heavy atom. The van der Waals surface area contributed by atoms with Crippen molar-refractivity contribution in [3.63, 3.8) is 0 Å². The lowest BCUT2D eigenvalue weighted by molar-refractivity contribution is 0.698. The number of allylic oxidation sites excluding steroid dienone is 1. The van der Waals surface area contributed by atoms with Crippen LogP contribution in [0.15, 0.2) is 12.7 Å². The van der Waals surface area contributed by atoms with Crippen molar-refractivity contribution in [2.24, 2.45) is 0 Å². The first-order chi connectivity index (χ1) is 6.81. The Morgan fingerprint density at radius 3 is 2.43 bits per heavy atom. The first-order valence-electron chi connectivity index (χ1n) is 5.43. The second-order valence-electron chi connectivity index (χ2n) is 3.32. The van der Waals surface area contributed by atoms with Gasteiger partial charge in [0.25, 0.3) is 0 Å². The molecule has 0 bridgehead atoms. The highest BCUT2D eigenvalue weighted by Gasteiger charge is 1.92. The van der Waals surface area contributed by atoms with E-state index in [9.17, 15) is 0 Å². The van der Waals surface area contributed by atoms with Crippen molar-refractivity contribution < 1.29 is 0 Å². The zero-order valence-electron chi connectivity index (χ0n) is 9.14. The molecule has 0 unspecified atom stereocenters. The maximum Gasteiger partial charge on any atom is 0.166 e. The molecule has 0 saturated heterocycles. The van der Waals surface area contributed by atoms with Crippen molar-refractivity contribution in [2.75, 3.05) is 13.1 Å². The summed E-state index contributed by atoms with van der Waals surface area (Å²) in [5.74, 6) is 0. The minimum Gasteiger partial charge on any atom is -0.363 e. The molecule has 14 heavy (non-hydrogen) atoms. The topological polar surface area (TPSA) is 24.1 Å². The van der Waals surface area contributed by atoms with Crippen LogP contribution in [-0.2, 0) is 0 Å². The second-order valence-corrected chi connectivity index (χ2v) is 3.73. The van der Waals surface area contributed by atoms with Crippen LogP contribution in [0, 0.1) is 0 Å². The Balaban J connectivity index is 3.14. The molecule has 82 valence electrons. The highest BCUT2D eigenvalue weighted by Crippen LogP contribution is 1.93. The number of nitrogens with one attached hydrogen (secondary N) is 2. The lowest BCUT2D eigenvalue weighted by atomic mass is 10.2. The van der Waals surface area contributed by atoms with Gasteiger partial charge in [0.15, 0.2) is 5.11 Å². The van der Waals surface area contributed by atoms with Gasteiger partial charge in [-0.1, -0.05) is 19.4 Å². The number of rotatable bonds is 8. The summed E-state index contributed by atoms with van der Waals surface area (Å²) in [7, 11) is 0. The summed E-state index contributed by atoms with van der Waals surface area (Å²) >= 11 is 5.10. The van der Waals surface area contributed by atoms with Crippen LogP contribution in [0.5, 0.6) is 0 Å². The van der Waals surface area contributed by atoms with Crippen molar-refractivity contribution in [1.29, 1.82) is 0 Å². The molecule has 0 rings (SSSR count). The Labute approximate surface area is 93.2 Å². The van der Waals surface area contributed by atoms with Crippen LogP contribution in [0.1, 0.15) is 39.0 Å². The van der Waals surface area contributed by atoms with E-state index >= 15 is 0 Å². The highest BCUT2D eigenvalue weighted by molar-refractivity contribution is 7.80. The van der Waals surface area contributed by atoms with Crippen molar-refractivity contribution in [3.05, 3.63) is 12.7 Å². The second kappa shape index (κ2) is 10.5. The zero-order chi connectivity index (χ0) is 10.6. The largest absolute Gasteiger partial charge is 0.363 e. The molecular formula is C11H22N2S. The van der Waals surface area contributed by atoms with E-state index in [4.69, 9.17) is 12.2 Å². The van der Waals surface area contributed by atoms with Crippen molar-refractivity contribution >= 4 is 17.3 Å².